The number of rotatable bonds is 8. The molecule has 7 heteroatoms. The first kappa shape index (κ1) is 21.7. The third-order valence-electron chi connectivity index (χ3n) is 4.44. The van der Waals surface area contributed by atoms with Crippen molar-refractivity contribution in [2.24, 2.45) is 11.8 Å². The number of Topliss-reactive ketones (excluding diaryl/α,β-unsaturated/α-hetero) is 1. The lowest BCUT2D eigenvalue weighted by Gasteiger charge is -2.16. The number of hydrogen-bond acceptors (Lipinski definition) is 6. The number of thioether (sulfide) groups is 1. The van der Waals surface area contributed by atoms with Gasteiger partial charge in [-0.2, -0.15) is 0 Å². The Balaban J connectivity index is 1.86. The maximum Gasteiger partial charge on any atom is 0.355 e. The van der Waals surface area contributed by atoms with Crippen LogP contribution in [0.5, 0.6) is 0 Å². The lowest BCUT2D eigenvalue weighted by molar-refractivity contribution is -0.121. The van der Waals surface area contributed by atoms with Gasteiger partial charge in [-0.15, -0.1) is 17.3 Å². The maximum absolute atomic E-state index is 12.2. The van der Waals surface area contributed by atoms with Gasteiger partial charge in [-0.3, -0.25) is 4.79 Å². The average Bonchev–Trinajstić information content (AvgIpc) is 3.22. The molecule has 1 unspecified atom stereocenters. The molecule has 1 saturated carbocycles. The second-order valence-electron chi connectivity index (χ2n) is 6.78. The summed E-state index contributed by atoms with van der Waals surface area (Å²) in [6.45, 7) is 3.65. The van der Waals surface area contributed by atoms with E-state index in [0.717, 1.165) is 22.9 Å². The Kier molecular flexibility index (Phi) is 8.08. The van der Waals surface area contributed by atoms with Crippen LogP contribution in [0, 0.1) is 23.7 Å². The number of carbonyl (C=O) groups excluding carboxylic acids is 1. The molecule has 0 aliphatic heterocycles. The first-order valence-corrected chi connectivity index (χ1v) is 10.9. The van der Waals surface area contributed by atoms with E-state index in [1.807, 2.05) is 19.1 Å². The lowest BCUT2D eigenvalue weighted by atomic mass is 9.91. The molecule has 0 amide bonds. The van der Waals surface area contributed by atoms with Gasteiger partial charge in [-0.25, -0.2) is 9.78 Å². The van der Waals surface area contributed by atoms with Crippen LogP contribution in [0.4, 0.5) is 0 Å². The van der Waals surface area contributed by atoms with Crippen LogP contribution in [-0.4, -0.2) is 38.3 Å². The highest BCUT2D eigenvalue weighted by molar-refractivity contribution is 8.01. The zero-order valence-corrected chi connectivity index (χ0v) is 17.2. The minimum atomic E-state index is -1.03. The van der Waals surface area contributed by atoms with E-state index in [1.165, 1.54) is 28.5 Å². The molecule has 1 aliphatic carbocycles. The SMILES string of the molecule is CCC#CC(C)(O)C/C=C/[C@@H]1CCC(=O)[C@@H]1CCSc1nc(C(=O)O)cs1. The molecule has 1 heterocycles. The Morgan fingerprint density at radius 3 is 3.00 bits per heavy atom. The maximum atomic E-state index is 12.2. The van der Waals surface area contributed by atoms with E-state index in [4.69, 9.17) is 5.11 Å². The number of carboxylic acid groups (broad SMARTS) is 1. The standard InChI is InChI=1S/C20H25NO4S2/c1-3-4-10-20(2,25)11-5-6-14-7-8-17(22)15(14)9-12-26-19-21-16(13-27-19)18(23)24/h5-6,13-15,25H,3,7-9,11-12H2,1-2H3,(H,23,24)/b6-5+/t14-,15-,20?/m1/s1. The summed E-state index contributed by atoms with van der Waals surface area (Å²) in [5.41, 5.74) is -0.967. The van der Waals surface area contributed by atoms with Gasteiger partial charge in [0, 0.05) is 36.3 Å². The van der Waals surface area contributed by atoms with Crippen molar-refractivity contribution in [3.8, 4) is 11.8 Å². The molecule has 1 aromatic rings. The number of ketones is 1. The number of thiazole rings is 1. The van der Waals surface area contributed by atoms with Crippen molar-refractivity contribution in [1.82, 2.24) is 4.98 Å². The molecule has 2 N–H and O–H groups in total. The quantitative estimate of drug-likeness (QED) is 0.384. The van der Waals surface area contributed by atoms with E-state index in [9.17, 15) is 14.7 Å². The van der Waals surface area contributed by atoms with Gasteiger partial charge in [-0.1, -0.05) is 36.8 Å². The third kappa shape index (κ3) is 6.80. The molecule has 0 radical (unpaired) electrons. The zero-order chi connectivity index (χ0) is 19.9. The summed E-state index contributed by atoms with van der Waals surface area (Å²) >= 11 is 2.81. The summed E-state index contributed by atoms with van der Waals surface area (Å²) in [6, 6.07) is 0. The van der Waals surface area contributed by atoms with Crippen LogP contribution >= 0.6 is 23.1 Å². The van der Waals surface area contributed by atoms with Crippen LogP contribution in [-0.2, 0) is 4.79 Å². The minimum Gasteiger partial charge on any atom is -0.476 e. The largest absolute Gasteiger partial charge is 0.476 e. The van der Waals surface area contributed by atoms with Gasteiger partial charge in [0.1, 0.15) is 11.4 Å². The van der Waals surface area contributed by atoms with E-state index < -0.39 is 11.6 Å². The lowest BCUT2D eigenvalue weighted by Crippen LogP contribution is -2.20. The summed E-state index contributed by atoms with van der Waals surface area (Å²) in [5.74, 6) is 5.93. The number of aromatic nitrogens is 1. The molecule has 146 valence electrons. The van der Waals surface area contributed by atoms with Gasteiger partial charge in [-0.05, 0) is 25.7 Å². The van der Waals surface area contributed by atoms with Crippen molar-refractivity contribution in [3.63, 3.8) is 0 Å². The summed E-state index contributed by atoms with van der Waals surface area (Å²) in [6.07, 6.45) is 7.33. The molecular weight excluding hydrogens is 382 g/mol. The van der Waals surface area contributed by atoms with Crippen molar-refractivity contribution in [1.29, 1.82) is 0 Å². The summed E-state index contributed by atoms with van der Waals surface area (Å²) in [5, 5.41) is 20.6. The summed E-state index contributed by atoms with van der Waals surface area (Å²) in [4.78, 5) is 27.1. The van der Waals surface area contributed by atoms with E-state index in [0.29, 0.717) is 19.3 Å². The van der Waals surface area contributed by atoms with Gasteiger partial charge < -0.3 is 10.2 Å². The van der Waals surface area contributed by atoms with Crippen LogP contribution < -0.4 is 0 Å². The number of hydrogen-bond donors (Lipinski definition) is 2. The van der Waals surface area contributed by atoms with Crippen LogP contribution in [0.1, 0.15) is 56.4 Å². The summed E-state index contributed by atoms with van der Waals surface area (Å²) < 4.78 is 0.718. The number of aromatic carboxylic acids is 1. The van der Waals surface area contributed by atoms with Gasteiger partial charge in [0.15, 0.2) is 10.0 Å². The molecule has 1 aliphatic rings. The highest BCUT2D eigenvalue weighted by atomic mass is 32.2. The molecule has 5 nitrogen and oxygen atoms in total. The van der Waals surface area contributed by atoms with Gasteiger partial charge >= 0.3 is 5.97 Å². The Morgan fingerprint density at radius 2 is 2.33 bits per heavy atom. The first-order chi connectivity index (χ1) is 12.8. The monoisotopic (exact) mass is 407 g/mol. The predicted molar refractivity (Wildman–Crippen MR) is 108 cm³/mol. The van der Waals surface area contributed by atoms with Gasteiger partial charge in [0.2, 0.25) is 0 Å². The molecule has 27 heavy (non-hydrogen) atoms. The molecule has 1 fully saturated rings. The smallest absolute Gasteiger partial charge is 0.355 e. The molecule has 0 aromatic carbocycles. The van der Waals surface area contributed by atoms with Gasteiger partial charge in [0.25, 0.3) is 0 Å². The Bertz CT molecular complexity index is 758. The third-order valence-corrected chi connectivity index (χ3v) is 6.50. The van der Waals surface area contributed by atoms with E-state index in [-0.39, 0.29) is 23.3 Å². The zero-order valence-electron chi connectivity index (χ0n) is 15.6. The number of aliphatic hydroxyl groups is 1. The van der Waals surface area contributed by atoms with Crippen LogP contribution in [0.3, 0.4) is 0 Å². The predicted octanol–water partition coefficient (Wildman–Crippen LogP) is 4.03. The summed E-state index contributed by atoms with van der Waals surface area (Å²) in [7, 11) is 0. The Labute approximate surface area is 168 Å². The van der Waals surface area contributed by atoms with Crippen molar-refractivity contribution in [3.05, 3.63) is 23.2 Å². The number of carboxylic acids is 1. The number of nitrogens with zero attached hydrogens (tertiary/aromatic N) is 1. The highest BCUT2D eigenvalue weighted by Gasteiger charge is 2.32. The van der Waals surface area contributed by atoms with Gasteiger partial charge in [0.05, 0.1) is 0 Å². The van der Waals surface area contributed by atoms with Crippen molar-refractivity contribution in [2.45, 2.75) is 55.9 Å². The van der Waals surface area contributed by atoms with Crippen molar-refractivity contribution in [2.75, 3.05) is 5.75 Å². The van der Waals surface area contributed by atoms with Crippen LogP contribution in [0.25, 0.3) is 0 Å². The highest BCUT2D eigenvalue weighted by Crippen LogP contribution is 2.35. The first-order valence-electron chi connectivity index (χ1n) is 9.06. The second-order valence-corrected chi connectivity index (χ2v) is 8.98. The topological polar surface area (TPSA) is 87.5 Å². The van der Waals surface area contributed by atoms with Crippen LogP contribution in [0.2, 0.25) is 0 Å². The number of carbonyl (C=O) groups is 2. The Hall–Kier alpha value is -1.62. The fourth-order valence-corrected chi connectivity index (χ4v) is 4.93. The second kappa shape index (κ2) is 10.1. The molecule has 3 atom stereocenters. The Morgan fingerprint density at radius 1 is 1.56 bits per heavy atom. The van der Waals surface area contributed by atoms with Crippen molar-refractivity contribution >= 4 is 34.9 Å². The molecule has 2 rings (SSSR count). The fourth-order valence-electron chi connectivity index (χ4n) is 3.04. The molecular formula is C20H25NO4S2. The number of allylic oxidation sites excluding steroid dienone is 1. The minimum absolute atomic E-state index is 0.0145. The molecule has 0 bridgehead atoms. The van der Waals surface area contributed by atoms with Crippen molar-refractivity contribution < 1.29 is 19.8 Å². The van der Waals surface area contributed by atoms with E-state index in [2.05, 4.69) is 16.8 Å². The molecule has 1 aromatic heterocycles. The fraction of sp³-hybridized carbons (Fsp3) is 0.550. The average molecular weight is 408 g/mol. The normalized spacial score (nSPS) is 21.8. The van der Waals surface area contributed by atoms with E-state index >= 15 is 0 Å². The molecule has 0 saturated heterocycles. The van der Waals surface area contributed by atoms with Crippen LogP contribution in [0.15, 0.2) is 21.9 Å². The van der Waals surface area contributed by atoms with E-state index in [1.54, 1.807) is 6.92 Å². The molecule has 0 spiro atoms.